The summed E-state index contributed by atoms with van der Waals surface area (Å²) >= 11 is 0. The number of allylic oxidation sites excluding steroid dienone is 3. The number of para-hydroxylation sites is 2. The highest BCUT2D eigenvalue weighted by Gasteiger charge is 2.18. The molecule has 2 amide bonds. The van der Waals surface area contributed by atoms with Gasteiger partial charge in [-0.1, -0.05) is 24.3 Å². The first-order valence-corrected chi connectivity index (χ1v) is 7.45. The largest absolute Gasteiger partial charge is 0.395 e. The zero-order valence-corrected chi connectivity index (χ0v) is 12.7. The normalized spacial score (nSPS) is 19.5. The monoisotopic (exact) mass is 313 g/mol. The van der Waals surface area contributed by atoms with Gasteiger partial charge < -0.3 is 16.4 Å². The Balaban J connectivity index is 2.28. The minimum atomic E-state index is -0.844. The Labute approximate surface area is 134 Å². The fraction of sp³-hybridized carbons (Fsp3) is 0.235. The average Bonchev–Trinajstić information content (AvgIpc) is 2.54. The molecule has 23 heavy (non-hydrogen) atoms. The fourth-order valence-corrected chi connectivity index (χ4v) is 2.12. The predicted octanol–water partition coefficient (Wildman–Crippen LogP) is 2.11. The van der Waals surface area contributed by atoms with Gasteiger partial charge in [0.15, 0.2) is 0 Å². The molecule has 4 N–H and O–H groups in total. The lowest BCUT2D eigenvalue weighted by Gasteiger charge is -2.11. The van der Waals surface area contributed by atoms with Crippen LogP contribution in [0.2, 0.25) is 0 Å². The van der Waals surface area contributed by atoms with E-state index < -0.39 is 11.7 Å². The van der Waals surface area contributed by atoms with Crippen LogP contribution in [0.15, 0.2) is 48.2 Å². The number of Topliss-reactive ketones (excluding diaryl/α,β-unsaturated/α-hetero) is 1. The van der Waals surface area contributed by atoms with Gasteiger partial charge in [0.2, 0.25) is 5.91 Å². The van der Waals surface area contributed by atoms with Crippen molar-refractivity contribution < 1.29 is 14.4 Å². The molecule has 0 spiro atoms. The first-order valence-electron chi connectivity index (χ1n) is 7.45. The molecule has 120 valence electrons. The quantitative estimate of drug-likeness (QED) is 0.638. The van der Waals surface area contributed by atoms with Crippen LogP contribution in [0.4, 0.5) is 11.4 Å². The number of hydrogen-bond donors (Lipinski definition) is 3. The lowest BCUT2D eigenvalue weighted by Crippen LogP contribution is -2.28. The van der Waals surface area contributed by atoms with Gasteiger partial charge in [-0.15, -0.1) is 0 Å². The smallest absolute Gasteiger partial charge is 0.298 e. The van der Waals surface area contributed by atoms with E-state index in [1.165, 1.54) is 6.08 Å². The Morgan fingerprint density at radius 2 is 1.65 bits per heavy atom. The van der Waals surface area contributed by atoms with E-state index in [-0.39, 0.29) is 11.6 Å². The van der Waals surface area contributed by atoms with Gasteiger partial charge in [-0.05, 0) is 37.5 Å². The number of amides is 2. The zero-order valence-electron chi connectivity index (χ0n) is 12.7. The molecule has 0 radical (unpaired) electrons. The Morgan fingerprint density at radius 1 is 0.957 bits per heavy atom. The molecule has 2 rings (SSSR count). The number of fused-ring (bicyclic) bond motifs is 1. The molecule has 6 nitrogen and oxygen atoms in total. The summed E-state index contributed by atoms with van der Waals surface area (Å²) in [5, 5.41) is 5.23. The van der Waals surface area contributed by atoms with Crippen LogP contribution >= 0.6 is 0 Å². The maximum atomic E-state index is 12.0. The molecule has 0 aliphatic carbocycles. The summed E-state index contributed by atoms with van der Waals surface area (Å²) in [7, 11) is 0. The highest BCUT2D eigenvalue weighted by Crippen LogP contribution is 2.21. The summed E-state index contributed by atoms with van der Waals surface area (Å²) in [6.07, 6.45) is 7.68. The van der Waals surface area contributed by atoms with Gasteiger partial charge in [0.1, 0.15) is 0 Å². The van der Waals surface area contributed by atoms with Crippen LogP contribution in [0, 0.1) is 0 Å². The second-order valence-corrected chi connectivity index (χ2v) is 5.17. The van der Waals surface area contributed by atoms with Crippen molar-refractivity contribution in [3.8, 4) is 0 Å². The standard InChI is InChI=1S/C17H19N3O3/c18-12-8-4-2-1-3-5-11-15(21)19-13-9-6-7-10-14(13)20-17(23)16(12)22/h2,4,6-10H,1,3,5,11,18H2,(H,19,21)(H,20,23)/b4-2?,12-8+. The Hall–Kier alpha value is -2.89. The Kier molecular flexibility index (Phi) is 5.68. The number of nitrogens with two attached hydrogens (primary N) is 1. The van der Waals surface area contributed by atoms with Gasteiger partial charge in [-0.2, -0.15) is 0 Å². The van der Waals surface area contributed by atoms with E-state index in [1.54, 1.807) is 30.3 Å². The van der Waals surface area contributed by atoms with Crippen molar-refractivity contribution in [2.45, 2.75) is 25.7 Å². The van der Waals surface area contributed by atoms with E-state index in [0.29, 0.717) is 17.8 Å². The number of rotatable bonds is 0. The second-order valence-electron chi connectivity index (χ2n) is 5.17. The molecular formula is C17H19N3O3. The molecule has 0 fully saturated rings. The van der Waals surface area contributed by atoms with Crippen LogP contribution in [0.25, 0.3) is 0 Å². The summed E-state index contributed by atoms with van der Waals surface area (Å²) < 4.78 is 0. The molecule has 0 atom stereocenters. The number of nitrogens with one attached hydrogen (secondary N) is 2. The van der Waals surface area contributed by atoms with Crippen LogP contribution < -0.4 is 16.4 Å². The third kappa shape index (κ3) is 4.81. The van der Waals surface area contributed by atoms with Crippen LogP contribution in [0.3, 0.4) is 0 Å². The van der Waals surface area contributed by atoms with E-state index in [9.17, 15) is 14.4 Å². The molecule has 0 bridgehead atoms. The molecule has 1 aromatic rings. The number of ketones is 1. The molecule has 0 unspecified atom stereocenters. The van der Waals surface area contributed by atoms with Crippen LogP contribution in [0.1, 0.15) is 25.7 Å². The minimum absolute atomic E-state index is 0.130. The summed E-state index contributed by atoms with van der Waals surface area (Å²) in [5.41, 5.74) is 6.30. The first-order chi connectivity index (χ1) is 11.1. The zero-order chi connectivity index (χ0) is 16.7. The summed E-state index contributed by atoms with van der Waals surface area (Å²) in [4.78, 5) is 35.9. The van der Waals surface area contributed by atoms with E-state index in [2.05, 4.69) is 10.6 Å². The van der Waals surface area contributed by atoms with E-state index in [1.807, 2.05) is 6.08 Å². The number of carbonyl (C=O) groups is 3. The third-order valence-corrected chi connectivity index (χ3v) is 3.35. The van der Waals surface area contributed by atoms with E-state index in [0.717, 1.165) is 19.3 Å². The van der Waals surface area contributed by atoms with Crippen molar-refractivity contribution in [1.29, 1.82) is 0 Å². The number of hydrogen-bond acceptors (Lipinski definition) is 4. The van der Waals surface area contributed by atoms with Gasteiger partial charge in [-0.25, -0.2) is 0 Å². The Bertz CT molecular complexity index is 677. The fourth-order valence-electron chi connectivity index (χ4n) is 2.12. The SMILES string of the molecule is N/C1=C/C=CCCCCC(=O)Nc2ccccc2NC(=O)C1=O. The topological polar surface area (TPSA) is 101 Å². The molecule has 6 heteroatoms. The van der Waals surface area contributed by atoms with Crippen LogP contribution in [-0.2, 0) is 14.4 Å². The maximum absolute atomic E-state index is 12.0. The van der Waals surface area contributed by atoms with Crippen molar-refractivity contribution in [3.05, 3.63) is 48.2 Å². The van der Waals surface area contributed by atoms with Crippen molar-refractivity contribution in [1.82, 2.24) is 0 Å². The van der Waals surface area contributed by atoms with E-state index >= 15 is 0 Å². The van der Waals surface area contributed by atoms with Gasteiger partial charge in [0.05, 0.1) is 17.1 Å². The highest BCUT2D eigenvalue weighted by atomic mass is 16.2. The van der Waals surface area contributed by atoms with Crippen LogP contribution in [-0.4, -0.2) is 17.6 Å². The second kappa shape index (κ2) is 7.93. The highest BCUT2D eigenvalue weighted by molar-refractivity contribution is 6.46. The number of benzene rings is 1. The number of carbonyl (C=O) groups excluding carboxylic acids is 3. The van der Waals surface area contributed by atoms with Crippen molar-refractivity contribution in [2.24, 2.45) is 5.73 Å². The van der Waals surface area contributed by atoms with Crippen molar-refractivity contribution in [2.75, 3.05) is 10.6 Å². The van der Waals surface area contributed by atoms with Crippen molar-refractivity contribution in [3.63, 3.8) is 0 Å². The van der Waals surface area contributed by atoms with Gasteiger partial charge in [0, 0.05) is 6.42 Å². The van der Waals surface area contributed by atoms with E-state index in [4.69, 9.17) is 5.73 Å². The first kappa shape index (κ1) is 16.5. The summed E-state index contributed by atoms with van der Waals surface area (Å²) in [5.74, 6) is -1.79. The minimum Gasteiger partial charge on any atom is -0.395 e. The predicted molar refractivity (Wildman–Crippen MR) is 88.6 cm³/mol. The van der Waals surface area contributed by atoms with Gasteiger partial charge >= 0.3 is 0 Å². The lowest BCUT2D eigenvalue weighted by molar-refractivity contribution is -0.132. The average molecular weight is 313 g/mol. The van der Waals surface area contributed by atoms with Gasteiger partial charge in [-0.3, -0.25) is 14.4 Å². The molecule has 1 heterocycles. The molecule has 1 aliphatic rings. The molecular weight excluding hydrogens is 294 g/mol. The maximum Gasteiger partial charge on any atom is 0.298 e. The molecule has 1 aliphatic heterocycles. The molecule has 0 aromatic heterocycles. The van der Waals surface area contributed by atoms with Crippen molar-refractivity contribution >= 4 is 29.0 Å². The summed E-state index contributed by atoms with van der Waals surface area (Å²) in [6.45, 7) is 0. The third-order valence-electron chi connectivity index (χ3n) is 3.35. The Morgan fingerprint density at radius 3 is 2.39 bits per heavy atom. The number of anilines is 2. The van der Waals surface area contributed by atoms with Gasteiger partial charge in [0.25, 0.3) is 11.7 Å². The van der Waals surface area contributed by atoms with Crippen LogP contribution in [0.5, 0.6) is 0 Å². The summed E-state index contributed by atoms with van der Waals surface area (Å²) in [6, 6.07) is 6.71. The molecule has 1 aromatic carbocycles. The molecule has 0 saturated carbocycles. The lowest BCUT2D eigenvalue weighted by atomic mass is 10.1. The molecule has 0 saturated heterocycles.